The summed E-state index contributed by atoms with van der Waals surface area (Å²) in [6.45, 7) is 3.58. The predicted octanol–water partition coefficient (Wildman–Crippen LogP) is 2.61. The normalized spacial score (nSPS) is 10.3. The van der Waals surface area contributed by atoms with E-state index in [0.29, 0.717) is 0 Å². The van der Waals surface area contributed by atoms with Crippen molar-refractivity contribution in [1.29, 1.82) is 0 Å². The zero-order valence-electron chi connectivity index (χ0n) is 14.5. The molecule has 8 heteroatoms. The SMILES string of the molecule is COC(=O)c1ccc(NC(=O)c2cc(OC(C)C)cc(C(=O)O)c2)nc1. The molecular weight excluding hydrogens is 340 g/mol. The number of carbonyl (C=O) groups is 3. The van der Waals surface area contributed by atoms with Crippen molar-refractivity contribution in [2.24, 2.45) is 0 Å². The van der Waals surface area contributed by atoms with Gasteiger partial charge in [-0.05, 0) is 44.2 Å². The lowest BCUT2D eigenvalue weighted by Gasteiger charge is -2.12. The van der Waals surface area contributed by atoms with Crippen LogP contribution in [-0.2, 0) is 4.74 Å². The van der Waals surface area contributed by atoms with E-state index in [0.717, 1.165) is 0 Å². The number of nitrogens with one attached hydrogen (secondary N) is 1. The number of rotatable bonds is 6. The van der Waals surface area contributed by atoms with Crippen molar-refractivity contribution in [2.75, 3.05) is 12.4 Å². The molecule has 1 aromatic carbocycles. The van der Waals surface area contributed by atoms with Gasteiger partial charge < -0.3 is 19.9 Å². The first kappa shape index (κ1) is 18.9. The van der Waals surface area contributed by atoms with Crippen molar-refractivity contribution in [1.82, 2.24) is 4.98 Å². The van der Waals surface area contributed by atoms with E-state index >= 15 is 0 Å². The molecule has 0 aliphatic heterocycles. The van der Waals surface area contributed by atoms with E-state index in [-0.39, 0.29) is 34.4 Å². The second-order valence-electron chi connectivity index (χ2n) is 5.60. The highest BCUT2D eigenvalue weighted by atomic mass is 16.5. The standard InChI is InChI=1S/C18H18N2O6/c1-10(2)26-14-7-12(6-13(8-14)17(22)23)16(21)20-15-5-4-11(9-19-15)18(24)25-3/h4-10H,1-3H3,(H,22,23)(H,19,20,21). The van der Waals surface area contributed by atoms with Crippen LogP contribution in [0.1, 0.15) is 44.9 Å². The van der Waals surface area contributed by atoms with Gasteiger partial charge in [-0.1, -0.05) is 0 Å². The fraction of sp³-hybridized carbons (Fsp3) is 0.222. The van der Waals surface area contributed by atoms with Crippen molar-refractivity contribution in [3.8, 4) is 5.75 Å². The number of esters is 1. The van der Waals surface area contributed by atoms with Crippen LogP contribution in [0.5, 0.6) is 5.75 Å². The van der Waals surface area contributed by atoms with E-state index in [1.165, 1.54) is 43.6 Å². The molecule has 0 saturated heterocycles. The third kappa shape index (κ3) is 4.79. The molecule has 0 saturated carbocycles. The van der Waals surface area contributed by atoms with Gasteiger partial charge in [0, 0.05) is 11.8 Å². The number of carboxylic acids is 1. The van der Waals surface area contributed by atoms with Crippen LogP contribution in [0.4, 0.5) is 5.82 Å². The Morgan fingerprint density at radius 3 is 2.31 bits per heavy atom. The highest BCUT2D eigenvalue weighted by molar-refractivity contribution is 6.05. The summed E-state index contributed by atoms with van der Waals surface area (Å²) in [5, 5.41) is 11.7. The lowest BCUT2D eigenvalue weighted by Crippen LogP contribution is -2.15. The largest absolute Gasteiger partial charge is 0.491 e. The monoisotopic (exact) mass is 358 g/mol. The number of carboxylic acid groups (broad SMARTS) is 1. The van der Waals surface area contributed by atoms with Crippen LogP contribution in [0.25, 0.3) is 0 Å². The van der Waals surface area contributed by atoms with Gasteiger partial charge >= 0.3 is 11.9 Å². The number of nitrogens with zero attached hydrogens (tertiary/aromatic N) is 1. The van der Waals surface area contributed by atoms with E-state index in [1.54, 1.807) is 13.8 Å². The van der Waals surface area contributed by atoms with Gasteiger partial charge in [0.15, 0.2) is 0 Å². The summed E-state index contributed by atoms with van der Waals surface area (Å²) in [4.78, 5) is 39.0. The molecule has 0 aliphatic carbocycles. The molecule has 136 valence electrons. The Balaban J connectivity index is 2.24. The zero-order chi connectivity index (χ0) is 19.3. The number of carbonyl (C=O) groups excluding carboxylic acids is 2. The number of pyridine rings is 1. The Bertz CT molecular complexity index is 830. The third-order valence-corrected chi connectivity index (χ3v) is 3.21. The molecule has 8 nitrogen and oxygen atoms in total. The molecule has 2 N–H and O–H groups in total. The molecule has 0 fully saturated rings. The van der Waals surface area contributed by atoms with Crippen LogP contribution < -0.4 is 10.1 Å². The fourth-order valence-electron chi connectivity index (χ4n) is 2.09. The zero-order valence-corrected chi connectivity index (χ0v) is 14.5. The fourth-order valence-corrected chi connectivity index (χ4v) is 2.09. The quantitative estimate of drug-likeness (QED) is 0.763. The average Bonchev–Trinajstić information content (AvgIpc) is 2.60. The molecule has 0 atom stereocenters. The minimum Gasteiger partial charge on any atom is -0.491 e. The van der Waals surface area contributed by atoms with Crippen LogP contribution in [0.3, 0.4) is 0 Å². The number of ether oxygens (including phenoxy) is 2. The van der Waals surface area contributed by atoms with E-state index in [2.05, 4.69) is 15.0 Å². The number of hydrogen-bond acceptors (Lipinski definition) is 6. The van der Waals surface area contributed by atoms with E-state index in [1.807, 2.05) is 0 Å². The van der Waals surface area contributed by atoms with E-state index in [9.17, 15) is 19.5 Å². The molecular formula is C18H18N2O6. The van der Waals surface area contributed by atoms with Gasteiger partial charge in [-0.2, -0.15) is 0 Å². The lowest BCUT2D eigenvalue weighted by atomic mass is 10.1. The summed E-state index contributed by atoms with van der Waals surface area (Å²) in [5.74, 6) is -1.79. The van der Waals surface area contributed by atoms with Crippen molar-refractivity contribution in [3.05, 3.63) is 53.2 Å². The van der Waals surface area contributed by atoms with Gasteiger partial charge in [-0.15, -0.1) is 0 Å². The van der Waals surface area contributed by atoms with Gasteiger partial charge in [0.05, 0.1) is 24.3 Å². The van der Waals surface area contributed by atoms with Gasteiger partial charge in [0.2, 0.25) is 0 Å². The maximum Gasteiger partial charge on any atom is 0.339 e. The van der Waals surface area contributed by atoms with Gasteiger partial charge in [-0.25, -0.2) is 14.6 Å². The van der Waals surface area contributed by atoms with Crippen LogP contribution in [0.15, 0.2) is 36.5 Å². The van der Waals surface area contributed by atoms with Crippen molar-refractivity contribution in [2.45, 2.75) is 20.0 Å². The number of hydrogen-bond donors (Lipinski definition) is 2. The number of aromatic carboxylic acids is 1. The minimum atomic E-state index is -1.17. The number of anilines is 1. The second-order valence-corrected chi connectivity index (χ2v) is 5.60. The molecule has 0 bridgehead atoms. The Morgan fingerprint density at radius 2 is 1.77 bits per heavy atom. The summed E-state index contributed by atoms with van der Waals surface area (Å²) in [7, 11) is 1.25. The Kier molecular flexibility index (Phi) is 5.90. The van der Waals surface area contributed by atoms with E-state index < -0.39 is 17.8 Å². The van der Waals surface area contributed by atoms with Gasteiger partial charge in [-0.3, -0.25) is 4.79 Å². The van der Waals surface area contributed by atoms with Crippen molar-refractivity contribution < 1.29 is 29.0 Å². The van der Waals surface area contributed by atoms with Crippen LogP contribution >= 0.6 is 0 Å². The first-order valence-corrected chi connectivity index (χ1v) is 7.71. The summed E-state index contributed by atoms with van der Waals surface area (Å²) in [5.41, 5.74) is 0.285. The number of benzene rings is 1. The molecule has 0 radical (unpaired) electrons. The van der Waals surface area contributed by atoms with Crippen LogP contribution in [0.2, 0.25) is 0 Å². The topological polar surface area (TPSA) is 115 Å². The maximum atomic E-state index is 12.4. The first-order chi connectivity index (χ1) is 12.3. The number of methoxy groups -OCH3 is 1. The Labute approximate surface area is 149 Å². The summed E-state index contributed by atoms with van der Waals surface area (Å²) in [6, 6.07) is 6.94. The highest BCUT2D eigenvalue weighted by Gasteiger charge is 2.15. The lowest BCUT2D eigenvalue weighted by molar-refractivity contribution is 0.0599. The Hall–Kier alpha value is -3.42. The number of aromatic nitrogens is 1. The average molecular weight is 358 g/mol. The predicted molar refractivity (Wildman–Crippen MR) is 92.7 cm³/mol. The molecule has 0 unspecified atom stereocenters. The molecule has 0 aliphatic rings. The molecule has 1 heterocycles. The van der Waals surface area contributed by atoms with Gasteiger partial charge in [0.25, 0.3) is 5.91 Å². The summed E-state index contributed by atoms with van der Waals surface area (Å²) in [6.07, 6.45) is 1.09. The molecule has 0 spiro atoms. The van der Waals surface area contributed by atoms with Crippen molar-refractivity contribution in [3.63, 3.8) is 0 Å². The van der Waals surface area contributed by atoms with Crippen molar-refractivity contribution >= 4 is 23.7 Å². The Morgan fingerprint density at radius 1 is 1.08 bits per heavy atom. The minimum absolute atomic E-state index is 0.0673. The molecule has 1 amide bonds. The highest BCUT2D eigenvalue weighted by Crippen LogP contribution is 2.20. The third-order valence-electron chi connectivity index (χ3n) is 3.21. The molecule has 2 rings (SSSR count). The summed E-state index contributed by atoms with van der Waals surface area (Å²) >= 11 is 0. The van der Waals surface area contributed by atoms with Gasteiger partial charge in [0.1, 0.15) is 11.6 Å². The van der Waals surface area contributed by atoms with Crippen LogP contribution in [0, 0.1) is 0 Å². The second kappa shape index (κ2) is 8.11. The van der Waals surface area contributed by atoms with E-state index in [4.69, 9.17) is 4.74 Å². The maximum absolute atomic E-state index is 12.4. The van der Waals surface area contributed by atoms with Crippen LogP contribution in [-0.4, -0.2) is 41.2 Å². The number of amides is 1. The first-order valence-electron chi connectivity index (χ1n) is 7.71. The molecule has 1 aromatic heterocycles. The molecule has 26 heavy (non-hydrogen) atoms. The molecule has 2 aromatic rings. The summed E-state index contributed by atoms with van der Waals surface area (Å²) < 4.78 is 10.1. The smallest absolute Gasteiger partial charge is 0.339 e.